The minimum atomic E-state index is 0.718. The molecule has 1 atom stereocenters. The average Bonchev–Trinajstić information content (AvgIpc) is 2.47. The van der Waals surface area contributed by atoms with E-state index in [2.05, 4.69) is 39.7 Å². The highest BCUT2D eigenvalue weighted by Gasteiger charge is 2.09. The van der Waals surface area contributed by atoms with Gasteiger partial charge in [-0.25, -0.2) is 0 Å². The lowest BCUT2D eigenvalue weighted by Crippen LogP contribution is -2.00. The van der Waals surface area contributed by atoms with Crippen molar-refractivity contribution in [3.8, 4) is 0 Å². The number of hydrogen-bond donors (Lipinski definition) is 0. The standard InChI is InChI=1S/C21H36/c1-6-10-12-14-16-20(9-4)21(17-13-11-7-2)18-19(5)15-8-3/h6-8,19H,1-3,9-18H2,4-5H3. The summed E-state index contributed by atoms with van der Waals surface area (Å²) in [6.07, 6.45) is 18.3. The van der Waals surface area contributed by atoms with Crippen LogP contribution in [0.1, 0.15) is 78.1 Å². The van der Waals surface area contributed by atoms with Gasteiger partial charge in [-0.3, -0.25) is 0 Å². The second-order valence-corrected chi connectivity index (χ2v) is 6.11. The largest absolute Gasteiger partial charge is 0.103 e. The summed E-state index contributed by atoms with van der Waals surface area (Å²) in [7, 11) is 0. The molecule has 0 aliphatic rings. The molecule has 0 saturated carbocycles. The van der Waals surface area contributed by atoms with E-state index in [1.54, 1.807) is 11.1 Å². The summed E-state index contributed by atoms with van der Waals surface area (Å²) < 4.78 is 0. The van der Waals surface area contributed by atoms with Gasteiger partial charge in [0.05, 0.1) is 0 Å². The molecule has 1 unspecified atom stereocenters. The summed E-state index contributed by atoms with van der Waals surface area (Å²) >= 11 is 0. The molecule has 0 nitrogen and oxygen atoms in total. The first-order chi connectivity index (χ1) is 10.2. The third kappa shape index (κ3) is 10.3. The lowest BCUT2D eigenvalue weighted by molar-refractivity contribution is 0.559. The second kappa shape index (κ2) is 13.9. The van der Waals surface area contributed by atoms with Gasteiger partial charge in [-0.2, -0.15) is 0 Å². The highest BCUT2D eigenvalue weighted by atomic mass is 14.2. The Labute approximate surface area is 133 Å². The van der Waals surface area contributed by atoms with Crippen molar-refractivity contribution >= 4 is 0 Å². The molecular formula is C21H36. The lowest BCUT2D eigenvalue weighted by Gasteiger charge is -2.18. The molecule has 0 aromatic heterocycles. The third-order valence-corrected chi connectivity index (χ3v) is 4.11. The zero-order valence-electron chi connectivity index (χ0n) is 14.5. The van der Waals surface area contributed by atoms with Gasteiger partial charge in [-0.1, -0.05) is 43.2 Å². The van der Waals surface area contributed by atoms with Crippen molar-refractivity contribution in [3.63, 3.8) is 0 Å². The topological polar surface area (TPSA) is 0 Å². The molecule has 0 spiro atoms. The molecule has 120 valence electrons. The number of hydrogen-bond acceptors (Lipinski definition) is 0. The van der Waals surface area contributed by atoms with Crippen LogP contribution in [0, 0.1) is 5.92 Å². The first-order valence-corrected chi connectivity index (χ1v) is 8.71. The Hall–Kier alpha value is -1.04. The monoisotopic (exact) mass is 288 g/mol. The van der Waals surface area contributed by atoms with Crippen molar-refractivity contribution in [2.75, 3.05) is 0 Å². The van der Waals surface area contributed by atoms with Crippen molar-refractivity contribution in [1.29, 1.82) is 0 Å². The highest BCUT2D eigenvalue weighted by Crippen LogP contribution is 2.27. The Morgan fingerprint density at radius 3 is 2.05 bits per heavy atom. The van der Waals surface area contributed by atoms with Gasteiger partial charge in [-0.05, 0) is 70.1 Å². The van der Waals surface area contributed by atoms with Crippen LogP contribution >= 0.6 is 0 Å². The minimum absolute atomic E-state index is 0.718. The number of allylic oxidation sites excluding steroid dienone is 5. The van der Waals surface area contributed by atoms with Crippen LogP contribution in [0.2, 0.25) is 0 Å². The molecule has 0 aliphatic carbocycles. The predicted molar refractivity (Wildman–Crippen MR) is 98.6 cm³/mol. The van der Waals surface area contributed by atoms with Crippen LogP contribution in [0.15, 0.2) is 49.1 Å². The average molecular weight is 289 g/mol. The van der Waals surface area contributed by atoms with Gasteiger partial charge in [0.25, 0.3) is 0 Å². The fraction of sp³-hybridized carbons (Fsp3) is 0.619. The molecule has 0 rings (SSSR count). The van der Waals surface area contributed by atoms with E-state index in [1.807, 2.05) is 12.2 Å². The summed E-state index contributed by atoms with van der Waals surface area (Å²) in [6, 6.07) is 0. The van der Waals surface area contributed by atoms with Crippen molar-refractivity contribution in [3.05, 3.63) is 49.1 Å². The van der Waals surface area contributed by atoms with Crippen LogP contribution in [0.4, 0.5) is 0 Å². The fourth-order valence-electron chi connectivity index (χ4n) is 2.90. The molecule has 21 heavy (non-hydrogen) atoms. The molecule has 0 saturated heterocycles. The quantitative estimate of drug-likeness (QED) is 0.231. The van der Waals surface area contributed by atoms with Gasteiger partial charge in [0, 0.05) is 0 Å². The Bertz CT molecular complexity index is 319. The van der Waals surface area contributed by atoms with E-state index in [0.29, 0.717) is 0 Å². The molecule has 0 heteroatoms. The third-order valence-electron chi connectivity index (χ3n) is 4.11. The Morgan fingerprint density at radius 1 is 0.857 bits per heavy atom. The van der Waals surface area contributed by atoms with Crippen molar-refractivity contribution < 1.29 is 0 Å². The molecule has 0 bridgehead atoms. The maximum Gasteiger partial charge on any atom is -0.0289 e. The summed E-state index contributed by atoms with van der Waals surface area (Å²) in [5, 5.41) is 0. The maximum atomic E-state index is 3.88. The van der Waals surface area contributed by atoms with E-state index < -0.39 is 0 Å². The molecule has 0 N–H and O–H groups in total. The van der Waals surface area contributed by atoms with E-state index >= 15 is 0 Å². The van der Waals surface area contributed by atoms with Crippen molar-refractivity contribution in [1.82, 2.24) is 0 Å². The molecule has 0 aromatic carbocycles. The smallest absolute Gasteiger partial charge is 0.0289 e. The molecular weight excluding hydrogens is 252 g/mol. The summed E-state index contributed by atoms with van der Waals surface area (Å²) in [5.74, 6) is 0.718. The van der Waals surface area contributed by atoms with Crippen LogP contribution in [0.5, 0.6) is 0 Å². The van der Waals surface area contributed by atoms with E-state index in [1.165, 1.54) is 44.9 Å². The number of rotatable bonds is 14. The molecule has 0 aliphatic heterocycles. The summed E-state index contributed by atoms with van der Waals surface area (Å²) in [5.41, 5.74) is 3.42. The maximum absolute atomic E-state index is 3.88. The first-order valence-electron chi connectivity index (χ1n) is 8.71. The Kier molecular flexibility index (Phi) is 13.2. The van der Waals surface area contributed by atoms with Gasteiger partial charge in [0.1, 0.15) is 0 Å². The van der Waals surface area contributed by atoms with Gasteiger partial charge in [0.2, 0.25) is 0 Å². The van der Waals surface area contributed by atoms with E-state index in [0.717, 1.165) is 25.2 Å². The second-order valence-electron chi connectivity index (χ2n) is 6.11. The SMILES string of the molecule is C=CCCCCC(CC)=C(CCCC=C)CC(C)CC=C. The first kappa shape index (κ1) is 20.0. The lowest BCUT2D eigenvalue weighted by atomic mass is 9.88. The van der Waals surface area contributed by atoms with Gasteiger partial charge in [0.15, 0.2) is 0 Å². The Morgan fingerprint density at radius 2 is 1.48 bits per heavy atom. The van der Waals surface area contributed by atoms with Crippen LogP contribution in [-0.4, -0.2) is 0 Å². The van der Waals surface area contributed by atoms with Crippen LogP contribution in [0.25, 0.3) is 0 Å². The fourth-order valence-corrected chi connectivity index (χ4v) is 2.90. The predicted octanol–water partition coefficient (Wildman–Crippen LogP) is 7.40. The van der Waals surface area contributed by atoms with Crippen LogP contribution < -0.4 is 0 Å². The zero-order valence-corrected chi connectivity index (χ0v) is 14.5. The zero-order chi connectivity index (χ0) is 15.9. The van der Waals surface area contributed by atoms with Gasteiger partial charge in [-0.15, -0.1) is 19.7 Å². The van der Waals surface area contributed by atoms with Crippen LogP contribution in [0.3, 0.4) is 0 Å². The van der Waals surface area contributed by atoms with Gasteiger partial charge >= 0.3 is 0 Å². The van der Waals surface area contributed by atoms with Gasteiger partial charge < -0.3 is 0 Å². The van der Waals surface area contributed by atoms with Crippen molar-refractivity contribution in [2.45, 2.75) is 78.1 Å². The van der Waals surface area contributed by atoms with E-state index in [4.69, 9.17) is 0 Å². The molecule has 0 aromatic rings. The Balaban J connectivity index is 4.70. The van der Waals surface area contributed by atoms with Crippen molar-refractivity contribution in [2.24, 2.45) is 5.92 Å². The molecule has 0 amide bonds. The minimum Gasteiger partial charge on any atom is -0.103 e. The molecule has 0 radical (unpaired) electrons. The highest BCUT2D eigenvalue weighted by molar-refractivity contribution is 5.15. The van der Waals surface area contributed by atoms with Crippen LogP contribution in [-0.2, 0) is 0 Å². The summed E-state index contributed by atoms with van der Waals surface area (Å²) in [6.45, 7) is 16.2. The molecule has 0 fully saturated rings. The van der Waals surface area contributed by atoms with E-state index in [9.17, 15) is 0 Å². The van der Waals surface area contributed by atoms with E-state index in [-0.39, 0.29) is 0 Å². The number of unbranched alkanes of at least 4 members (excludes halogenated alkanes) is 3. The summed E-state index contributed by atoms with van der Waals surface area (Å²) in [4.78, 5) is 0. The normalized spacial score (nSPS) is 13.4. The molecule has 0 heterocycles.